The highest BCUT2D eigenvalue weighted by Gasteiger charge is 2.15. The number of rotatable bonds is 2. The zero-order chi connectivity index (χ0) is 10.5. The van der Waals surface area contributed by atoms with E-state index in [0.29, 0.717) is 6.04 Å². The lowest BCUT2D eigenvalue weighted by Gasteiger charge is -2.26. The summed E-state index contributed by atoms with van der Waals surface area (Å²) in [5.74, 6) is 0. The van der Waals surface area contributed by atoms with E-state index >= 15 is 0 Å². The van der Waals surface area contributed by atoms with Crippen molar-refractivity contribution >= 4 is 0 Å². The lowest BCUT2D eigenvalue weighted by Crippen LogP contribution is -2.36. The largest absolute Gasteiger partial charge is 0.315 e. The maximum Gasteiger partial charge on any atom is 0.0237 e. The lowest BCUT2D eigenvalue weighted by atomic mass is 10.2. The Labute approximate surface area is 92.3 Å². The topological polar surface area (TPSA) is 15.3 Å². The van der Waals surface area contributed by atoms with E-state index in [1.165, 1.54) is 18.5 Å². The fourth-order valence-corrected chi connectivity index (χ4v) is 2.12. The molecule has 2 heteroatoms. The van der Waals surface area contributed by atoms with Gasteiger partial charge in [0.15, 0.2) is 0 Å². The van der Waals surface area contributed by atoms with Crippen LogP contribution in [0.5, 0.6) is 0 Å². The maximum atomic E-state index is 3.47. The van der Waals surface area contributed by atoms with Crippen LogP contribution in [0.1, 0.15) is 18.9 Å². The molecule has 0 spiro atoms. The third kappa shape index (κ3) is 3.05. The van der Waals surface area contributed by atoms with E-state index in [2.05, 4.69) is 47.5 Å². The van der Waals surface area contributed by atoms with Gasteiger partial charge in [-0.2, -0.15) is 0 Å². The molecule has 0 amide bonds. The van der Waals surface area contributed by atoms with Crippen LogP contribution in [0.25, 0.3) is 0 Å². The Morgan fingerprint density at radius 2 is 2.13 bits per heavy atom. The monoisotopic (exact) mass is 204 g/mol. The second kappa shape index (κ2) is 5.29. The molecular formula is C13H20N2. The van der Waals surface area contributed by atoms with E-state index in [1.807, 2.05) is 0 Å². The normalized spacial score (nSPS) is 23.7. The van der Waals surface area contributed by atoms with Crippen LogP contribution < -0.4 is 5.32 Å². The first-order valence-corrected chi connectivity index (χ1v) is 5.85. The van der Waals surface area contributed by atoms with Gasteiger partial charge in [0.25, 0.3) is 0 Å². The first-order valence-electron chi connectivity index (χ1n) is 5.85. The minimum Gasteiger partial charge on any atom is -0.315 e. The summed E-state index contributed by atoms with van der Waals surface area (Å²) in [4.78, 5) is 2.56. The van der Waals surface area contributed by atoms with Crippen LogP contribution in [-0.2, 0) is 6.54 Å². The molecule has 1 saturated heterocycles. The molecular weight excluding hydrogens is 184 g/mol. The smallest absolute Gasteiger partial charge is 0.0237 e. The summed E-state index contributed by atoms with van der Waals surface area (Å²) in [7, 11) is 0. The van der Waals surface area contributed by atoms with Crippen molar-refractivity contribution in [1.29, 1.82) is 0 Å². The summed E-state index contributed by atoms with van der Waals surface area (Å²) in [6.45, 7) is 6.89. The number of nitrogens with one attached hydrogen (secondary N) is 1. The van der Waals surface area contributed by atoms with Gasteiger partial charge in [-0.05, 0) is 25.5 Å². The van der Waals surface area contributed by atoms with Crippen molar-refractivity contribution in [2.45, 2.75) is 25.9 Å². The molecule has 1 fully saturated rings. The predicted octanol–water partition coefficient (Wildman–Crippen LogP) is 1.87. The molecule has 1 atom stereocenters. The van der Waals surface area contributed by atoms with E-state index in [9.17, 15) is 0 Å². The van der Waals surface area contributed by atoms with Gasteiger partial charge in [0, 0.05) is 25.7 Å². The van der Waals surface area contributed by atoms with Crippen LogP contribution in [-0.4, -0.2) is 30.6 Å². The van der Waals surface area contributed by atoms with Crippen LogP contribution in [0.3, 0.4) is 0 Å². The molecule has 1 N–H and O–H groups in total. The summed E-state index contributed by atoms with van der Waals surface area (Å²) in [6, 6.07) is 11.4. The van der Waals surface area contributed by atoms with Crippen LogP contribution in [0, 0.1) is 0 Å². The standard InChI is InChI=1S/C13H20N2/c1-12-10-14-8-5-9-15(12)11-13-6-3-2-4-7-13/h2-4,6-7,12,14H,5,8-11H2,1H3/t12-/m0/s1. The zero-order valence-corrected chi connectivity index (χ0v) is 9.45. The van der Waals surface area contributed by atoms with E-state index in [0.717, 1.165) is 19.6 Å². The number of hydrogen-bond donors (Lipinski definition) is 1. The fraction of sp³-hybridized carbons (Fsp3) is 0.538. The van der Waals surface area contributed by atoms with Crippen molar-refractivity contribution in [3.8, 4) is 0 Å². The van der Waals surface area contributed by atoms with E-state index < -0.39 is 0 Å². The molecule has 1 heterocycles. The highest BCUT2D eigenvalue weighted by molar-refractivity contribution is 5.14. The van der Waals surface area contributed by atoms with Crippen molar-refractivity contribution in [2.24, 2.45) is 0 Å². The van der Waals surface area contributed by atoms with Gasteiger partial charge in [-0.1, -0.05) is 30.3 Å². The predicted molar refractivity (Wildman–Crippen MR) is 63.8 cm³/mol. The number of hydrogen-bond acceptors (Lipinski definition) is 2. The zero-order valence-electron chi connectivity index (χ0n) is 9.45. The van der Waals surface area contributed by atoms with Crippen molar-refractivity contribution in [2.75, 3.05) is 19.6 Å². The van der Waals surface area contributed by atoms with Crippen molar-refractivity contribution < 1.29 is 0 Å². The molecule has 1 aliphatic heterocycles. The second-order valence-corrected chi connectivity index (χ2v) is 4.36. The Hall–Kier alpha value is -0.860. The average molecular weight is 204 g/mol. The van der Waals surface area contributed by atoms with Crippen LogP contribution >= 0.6 is 0 Å². The van der Waals surface area contributed by atoms with Crippen LogP contribution in [0.15, 0.2) is 30.3 Å². The molecule has 15 heavy (non-hydrogen) atoms. The van der Waals surface area contributed by atoms with Gasteiger partial charge in [0.2, 0.25) is 0 Å². The molecule has 0 aliphatic carbocycles. The molecule has 1 aromatic carbocycles. The summed E-state index contributed by atoms with van der Waals surface area (Å²) in [5.41, 5.74) is 1.42. The molecule has 0 radical (unpaired) electrons. The van der Waals surface area contributed by atoms with Gasteiger partial charge in [-0.25, -0.2) is 0 Å². The molecule has 1 aromatic rings. The molecule has 0 unspecified atom stereocenters. The Morgan fingerprint density at radius 3 is 2.93 bits per heavy atom. The molecule has 0 aromatic heterocycles. The quantitative estimate of drug-likeness (QED) is 0.791. The van der Waals surface area contributed by atoms with E-state index in [1.54, 1.807) is 0 Å². The molecule has 0 bridgehead atoms. The number of benzene rings is 1. The molecule has 2 rings (SSSR count). The van der Waals surface area contributed by atoms with Crippen LogP contribution in [0.2, 0.25) is 0 Å². The van der Waals surface area contributed by atoms with Gasteiger partial charge in [0.1, 0.15) is 0 Å². The molecule has 82 valence electrons. The second-order valence-electron chi connectivity index (χ2n) is 4.36. The third-order valence-corrected chi connectivity index (χ3v) is 3.09. The fourth-order valence-electron chi connectivity index (χ4n) is 2.12. The maximum absolute atomic E-state index is 3.47. The first-order chi connectivity index (χ1) is 7.36. The molecule has 1 aliphatic rings. The lowest BCUT2D eigenvalue weighted by molar-refractivity contribution is 0.214. The van der Waals surface area contributed by atoms with Gasteiger partial charge >= 0.3 is 0 Å². The Kier molecular flexibility index (Phi) is 3.75. The van der Waals surface area contributed by atoms with Gasteiger partial charge in [0.05, 0.1) is 0 Å². The first kappa shape index (κ1) is 10.7. The number of nitrogens with zero attached hydrogens (tertiary/aromatic N) is 1. The highest BCUT2D eigenvalue weighted by atomic mass is 15.2. The summed E-state index contributed by atoms with van der Waals surface area (Å²) >= 11 is 0. The van der Waals surface area contributed by atoms with E-state index in [-0.39, 0.29) is 0 Å². The summed E-state index contributed by atoms with van der Waals surface area (Å²) in [6.07, 6.45) is 1.26. The van der Waals surface area contributed by atoms with E-state index in [4.69, 9.17) is 0 Å². The third-order valence-electron chi connectivity index (χ3n) is 3.09. The van der Waals surface area contributed by atoms with Crippen LogP contribution in [0.4, 0.5) is 0 Å². The summed E-state index contributed by atoms with van der Waals surface area (Å²) < 4.78 is 0. The Morgan fingerprint density at radius 1 is 1.33 bits per heavy atom. The SMILES string of the molecule is C[C@H]1CNCCCN1Cc1ccccc1. The van der Waals surface area contributed by atoms with Gasteiger partial charge < -0.3 is 5.32 Å². The Balaban J connectivity index is 1.97. The highest BCUT2D eigenvalue weighted by Crippen LogP contribution is 2.10. The Bertz CT molecular complexity index is 284. The minimum atomic E-state index is 0.646. The van der Waals surface area contributed by atoms with Crippen molar-refractivity contribution in [3.63, 3.8) is 0 Å². The average Bonchev–Trinajstić information content (AvgIpc) is 2.46. The molecule has 2 nitrogen and oxygen atoms in total. The van der Waals surface area contributed by atoms with Gasteiger partial charge in [-0.15, -0.1) is 0 Å². The van der Waals surface area contributed by atoms with Crippen molar-refractivity contribution in [1.82, 2.24) is 10.2 Å². The summed E-state index contributed by atoms with van der Waals surface area (Å²) in [5, 5.41) is 3.47. The molecule has 0 saturated carbocycles. The van der Waals surface area contributed by atoms with Gasteiger partial charge in [-0.3, -0.25) is 4.90 Å². The minimum absolute atomic E-state index is 0.646. The van der Waals surface area contributed by atoms with Crippen molar-refractivity contribution in [3.05, 3.63) is 35.9 Å².